The monoisotopic (exact) mass is 626 g/mol. The number of aliphatic hydroxyl groups is 3. The first-order valence-corrected chi connectivity index (χ1v) is 16.0. The third-order valence-corrected chi connectivity index (χ3v) is 11.3. The number of oxime groups is 1. The molecule has 0 radical (unpaired) electrons. The molecule has 5 N–H and O–H groups in total. The van der Waals surface area contributed by atoms with Gasteiger partial charge in [0, 0.05) is 11.8 Å². The summed E-state index contributed by atoms with van der Waals surface area (Å²) >= 11 is 0. The number of phenolic OH excluding ortho intramolecular Hbond substituents is 1. The minimum atomic E-state index is -1.62. The van der Waals surface area contributed by atoms with E-state index in [4.69, 9.17) is 9.57 Å². The van der Waals surface area contributed by atoms with E-state index in [2.05, 4.69) is 17.4 Å². The van der Waals surface area contributed by atoms with Gasteiger partial charge < -0.3 is 35.3 Å². The number of carbonyl (C=O) groups excluding carboxylic acids is 3. The molecule has 45 heavy (non-hydrogen) atoms. The topological polar surface area (TPSA) is 175 Å². The zero-order valence-electron chi connectivity index (χ0n) is 26.3. The maximum Gasteiger partial charge on any atom is 0.328 e. The van der Waals surface area contributed by atoms with Crippen LogP contribution in [0.3, 0.4) is 0 Å². The number of nitrogens with one attached hydrogen (secondary N) is 1. The number of aromatic hydroxyl groups is 1. The van der Waals surface area contributed by atoms with E-state index in [0.717, 1.165) is 24.8 Å². The van der Waals surface area contributed by atoms with Gasteiger partial charge in [0.05, 0.1) is 18.4 Å². The second-order valence-corrected chi connectivity index (χ2v) is 13.7. The number of nitrogens with zero attached hydrogens (tertiary/aromatic N) is 1. The normalized spacial score (nSPS) is 35.3. The molecule has 3 saturated carbocycles. The molecule has 1 aromatic rings. The van der Waals surface area contributed by atoms with E-state index in [-0.39, 0.29) is 48.6 Å². The summed E-state index contributed by atoms with van der Waals surface area (Å²) in [5, 5.41) is 49.0. The van der Waals surface area contributed by atoms with E-state index < -0.39 is 47.4 Å². The molecule has 5 rings (SSSR count). The fraction of sp³-hybridized carbons (Fsp3) is 0.647. The van der Waals surface area contributed by atoms with E-state index >= 15 is 0 Å². The highest BCUT2D eigenvalue weighted by Gasteiger charge is 2.68. The Kier molecular flexibility index (Phi) is 9.45. The molecular formula is C34H46N2O9. The lowest BCUT2D eigenvalue weighted by Gasteiger charge is -2.60. The standard InChI is InChI=1S/C34H46N2O9/c1-4-44-31(42)26(15-20-5-8-23(38)9-6-20)35-29(41)19-45-36-22-11-13-32(2)21(16-22)7-10-24-25-12-14-34(43,28(40)18-37)33(25,3)17-27(39)30(24)32/h5-6,8-9,16,24-27,30,37-39,43H,4,7,10-15,17-19H2,1-3H3,(H,35,41)/t24-,25+,26+,27-,30-,32+,33+,34+/m1/s1. The second kappa shape index (κ2) is 12.8. The molecule has 4 aliphatic carbocycles. The van der Waals surface area contributed by atoms with Crippen LogP contribution in [0.1, 0.15) is 71.3 Å². The zero-order chi connectivity index (χ0) is 32.6. The molecule has 11 nitrogen and oxygen atoms in total. The van der Waals surface area contributed by atoms with Crippen LogP contribution in [0, 0.1) is 28.6 Å². The summed E-state index contributed by atoms with van der Waals surface area (Å²) in [6, 6.07) is 5.44. The zero-order valence-corrected chi connectivity index (χ0v) is 26.3. The molecule has 4 aliphatic rings. The van der Waals surface area contributed by atoms with E-state index in [1.807, 2.05) is 13.0 Å². The van der Waals surface area contributed by atoms with Crippen molar-refractivity contribution in [2.24, 2.45) is 33.7 Å². The van der Waals surface area contributed by atoms with Gasteiger partial charge in [0.1, 0.15) is 24.0 Å². The van der Waals surface area contributed by atoms with Gasteiger partial charge in [0.2, 0.25) is 0 Å². The molecule has 0 saturated heterocycles. The summed E-state index contributed by atoms with van der Waals surface area (Å²) in [5.74, 6) is -1.34. The molecule has 3 fully saturated rings. The third kappa shape index (κ3) is 6.02. The molecule has 0 aliphatic heterocycles. The fourth-order valence-electron chi connectivity index (χ4n) is 9.08. The first-order valence-electron chi connectivity index (χ1n) is 16.0. The van der Waals surface area contributed by atoms with Crippen LogP contribution in [0.5, 0.6) is 5.75 Å². The Morgan fingerprint density at radius 1 is 1.11 bits per heavy atom. The molecule has 0 bridgehead atoms. The van der Waals surface area contributed by atoms with E-state index in [9.17, 15) is 34.8 Å². The first-order chi connectivity index (χ1) is 21.4. The van der Waals surface area contributed by atoms with Crippen molar-refractivity contribution in [3.63, 3.8) is 0 Å². The summed E-state index contributed by atoms with van der Waals surface area (Å²) in [5.41, 5.74) is -0.0411. The van der Waals surface area contributed by atoms with E-state index in [1.54, 1.807) is 19.1 Å². The third-order valence-electron chi connectivity index (χ3n) is 11.3. The molecule has 246 valence electrons. The largest absolute Gasteiger partial charge is 0.508 e. The molecule has 1 amide bonds. The number of carbonyl (C=O) groups is 3. The predicted octanol–water partition coefficient (Wildman–Crippen LogP) is 2.58. The van der Waals surface area contributed by atoms with Gasteiger partial charge in [-0.15, -0.1) is 0 Å². The second-order valence-electron chi connectivity index (χ2n) is 13.7. The summed E-state index contributed by atoms with van der Waals surface area (Å²) in [7, 11) is 0. The number of rotatable bonds is 10. The summed E-state index contributed by atoms with van der Waals surface area (Å²) < 4.78 is 5.13. The average Bonchev–Trinajstić information content (AvgIpc) is 3.28. The maximum atomic E-state index is 12.7. The van der Waals surface area contributed by atoms with Gasteiger partial charge in [0.25, 0.3) is 5.91 Å². The Hall–Kier alpha value is -3.28. The maximum absolute atomic E-state index is 12.7. The Labute approximate surface area is 263 Å². The van der Waals surface area contributed by atoms with Crippen molar-refractivity contribution in [1.82, 2.24) is 5.32 Å². The van der Waals surface area contributed by atoms with Gasteiger partial charge in [-0.05, 0) is 98.8 Å². The van der Waals surface area contributed by atoms with Crippen LogP contribution in [0.4, 0.5) is 0 Å². The molecule has 0 heterocycles. The minimum absolute atomic E-state index is 0.0243. The van der Waals surface area contributed by atoms with Gasteiger partial charge in [-0.2, -0.15) is 0 Å². The average molecular weight is 627 g/mol. The van der Waals surface area contributed by atoms with Crippen LogP contribution in [-0.2, 0) is 30.4 Å². The fourth-order valence-corrected chi connectivity index (χ4v) is 9.08. The van der Waals surface area contributed by atoms with Crippen molar-refractivity contribution in [2.45, 2.75) is 89.9 Å². The summed E-state index contributed by atoms with van der Waals surface area (Å²) in [6.07, 6.45) is 5.76. The van der Waals surface area contributed by atoms with Crippen molar-refractivity contribution >= 4 is 23.4 Å². The molecule has 11 heteroatoms. The first kappa shape index (κ1) is 33.1. The molecule has 1 aromatic carbocycles. The lowest BCUT2D eigenvalue weighted by molar-refractivity contribution is -0.181. The van der Waals surface area contributed by atoms with E-state index in [1.165, 1.54) is 17.7 Å². The smallest absolute Gasteiger partial charge is 0.328 e. The quantitative estimate of drug-likeness (QED) is 0.193. The highest BCUT2D eigenvalue weighted by molar-refractivity contribution is 5.96. The Morgan fingerprint density at radius 2 is 1.84 bits per heavy atom. The van der Waals surface area contributed by atoms with Crippen molar-refractivity contribution in [3.05, 3.63) is 41.5 Å². The molecule has 0 spiro atoms. The Balaban J connectivity index is 1.23. The number of hydrogen-bond acceptors (Lipinski definition) is 10. The van der Waals surface area contributed by atoms with Gasteiger partial charge in [-0.3, -0.25) is 9.59 Å². The molecular weight excluding hydrogens is 580 g/mol. The number of fused-ring (bicyclic) bond motifs is 5. The minimum Gasteiger partial charge on any atom is -0.508 e. The number of allylic oxidation sites excluding steroid dienone is 2. The van der Waals surface area contributed by atoms with Gasteiger partial charge in [-0.25, -0.2) is 4.79 Å². The highest BCUT2D eigenvalue weighted by atomic mass is 16.6. The van der Waals surface area contributed by atoms with Gasteiger partial charge in [0.15, 0.2) is 12.4 Å². The van der Waals surface area contributed by atoms with Crippen LogP contribution in [0.2, 0.25) is 0 Å². The number of ketones is 1. The number of hydrogen-bond donors (Lipinski definition) is 5. The number of amides is 1. The Morgan fingerprint density at radius 3 is 2.53 bits per heavy atom. The predicted molar refractivity (Wildman–Crippen MR) is 164 cm³/mol. The van der Waals surface area contributed by atoms with Crippen LogP contribution < -0.4 is 5.32 Å². The number of Topliss-reactive ketones (excluding diaryl/α,β-unsaturated/α-hetero) is 1. The van der Waals surface area contributed by atoms with Crippen LogP contribution in [-0.4, -0.2) is 81.4 Å². The molecule has 0 unspecified atom stereocenters. The number of phenols is 1. The molecule has 8 atom stereocenters. The van der Waals surface area contributed by atoms with Crippen molar-refractivity contribution in [1.29, 1.82) is 0 Å². The van der Waals surface area contributed by atoms with Crippen LogP contribution >= 0.6 is 0 Å². The van der Waals surface area contributed by atoms with Crippen molar-refractivity contribution in [2.75, 3.05) is 19.8 Å². The Bertz CT molecular complexity index is 1360. The van der Waals surface area contributed by atoms with Crippen molar-refractivity contribution < 1.29 is 44.4 Å². The highest BCUT2D eigenvalue weighted by Crippen LogP contribution is 2.67. The lowest BCUT2D eigenvalue weighted by Crippen LogP contribution is -2.62. The number of esters is 1. The van der Waals surface area contributed by atoms with Gasteiger partial charge >= 0.3 is 5.97 Å². The summed E-state index contributed by atoms with van der Waals surface area (Å²) in [4.78, 5) is 43.3. The van der Waals surface area contributed by atoms with Crippen molar-refractivity contribution in [3.8, 4) is 5.75 Å². The number of aliphatic hydroxyl groups excluding tert-OH is 2. The van der Waals surface area contributed by atoms with Gasteiger partial charge in [-0.1, -0.05) is 36.7 Å². The summed E-state index contributed by atoms with van der Waals surface area (Å²) in [6.45, 7) is 4.87. The van der Waals surface area contributed by atoms with Crippen LogP contribution in [0.15, 0.2) is 41.1 Å². The molecule has 0 aromatic heterocycles. The van der Waals surface area contributed by atoms with Crippen LogP contribution in [0.25, 0.3) is 0 Å². The van der Waals surface area contributed by atoms with E-state index in [0.29, 0.717) is 31.4 Å². The lowest BCUT2D eigenvalue weighted by atomic mass is 9.45. The number of ether oxygens (including phenoxy) is 1. The SMILES string of the molecule is CCOC(=O)[C@H](Cc1ccc(O)cc1)NC(=O)CON=C1C=C2CC[C@H]3[C@H]([C@H](O)C[C@@]4(C)[C@H]3CC[C@]4(O)C(=O)CO)[C@@]2(C)CC1. The number of benzene rings is 1.